The van der Waals surface area contributed by atoms with Crippen LogP contribution < -0.4 is 0 Å². The Kier molecular flexibility index (Phi) is 6.99. The molecule has 4 heterocycles. The van der Waals surface area contributed by atoms with E-state index < -0.39 is 0 Å². The van der Waals surface area contributed by atoms with E-state index in [0.717, 1.165) is 52.2 Å². The van der Waals surface area contributed by atoms with Gasteiger partial charge in [-0.3, -0.25) is 18.9 Å². The minimum Gasteiger partial charge on any atom is -0.396 e. The second-order valence-electron chi connectivity index (χ2n) is 9.08. The summed E-state index contributed by atoms with van der Waals surface area (Å²) in [7, 11) is 3.89. The van der Waals surface area contributed by atoms with Gasteiger partial charge < -0.3 is 5.11 Å². The highest BCUT2D eigenvalue weighted by molar-refractivity contribution is 5.27. The lowest BCUT2D eigenvalue weighted by Crippen LogP contribution is -2.25. The van der Waals surface area contributed by atoms with Crippen LogP contribution in [0.15, 0.2) is 24.3 Å². The molecule has 182 valence electrons. The first-order valence-electron chi connectivity index (χ1n) is 11.7. The number of aliphatic hydroxyl groups excluding tert-OH is 1. The van der Waals surface area contributed by atoms with Crippen LogP contribution in [0.2, 0.25) is 0 Å². The molecule has 0 aliphatic rings. The number of aromatic nitrogens is 8. The minimum absolute atomic E-state index is 0.156. The Morgan fingerprint density at radius 1 is 0.735 bits per heavy atom. The third kappa shape index (κ3) is 5.28. The van der Waals surface area contributed by atoms with Gasteiger partial charge in [-0.05, 0) is 52.3 Å². The third-order valence-electron chi connectivity index (χ3n) is 6.17. The monoisotopic (exact) mass is 465 g/mol. The molecule has 10 heteroatoms. The van der Waals surface area contributed by atoms with Crippen LogP contribution in [0.4, 0.5) is 0 Å². The van der Waals surface area contributed by atoms with E-state index in [4.69, 9.17) is 10.2 Å². The van der Waals surface area contributed by atoms with Crippen molar-refractivity contribution in [2.24, 2.45) is 14.1 Å². The maximum atomic E-state index is 9.42. The number of nitrogens with zero attached hydrogens (tertiary/aromatic N) is 9. The van der Waals surface area contributed by atoms with Crippen LogP contribution in [-0.2, 0) is 33.7 Å². The Balaban J connectivity index is 1.49. The van der Waals surface area contributed by atoms with Gasteiger partial charge in [-0.2, -0.15) is 20.4 Å². The summed E-state index contributed by atoms with van der Waals surface area (Å²) >= 11 is 0. The second-order valence-corrected chi connectivity index (χ2v) is 9.08. The zero-order chi connectivity index (χ0) is 24.4. The number of aryl methyl sites for hydroxylation is 6. The fraction of sp³-hybridized carbons (Fsp3) is 0.500. The van der Waals surface area contributed by atoms with Gasteiger partial charge in [0.2, 0.25) is 0 Å². The zero-order valence-corrected chi connectivity index (χ0v) is 21.0. The molecule has 0 atom stereocenters. The van der Waals surface area contributed by atoms with Crippen molar-refractivity contribution in [3.63, 3.8) is 0 Å². The molecule has 0 saturated heterocycles. The molecule has 4 aromatic rings. The zero-order valence-electron chi connectivity index (χ0n) is 21.0. The number of rotatable bonds is 10. The first-order chi connectivity index (χ1) is 16.2. The summed E-state index contributed by atoms with van der Waals surface area (Å²) in [5.74, 6) is 0.824. The van der Waals surface area contributed by atoms with Crippen LogP contribution in [0.3, 0.4) is 0 Å². The molecule has 0 saturated carbocycles. The fourth-order valence-electron chi connectivity index (χ4n) is 4.14. The molecule has 0 radical (unpaired) electrons. The summed E-state index contributed by atoms with van der Waals surface area (Å²) in [4.78, 5) is 2.28. The van der Waals surface area contributed by atoms with E-state index in [1.807, 2.05) is 52.7 Å². The summed E-state index contributed by atoms with van der Waals surface area (Å²) in [6.45, 7) is 11.1. The standard InChI is InChI=1S/C24H35N9O/c1-17-10-23(25-29(17)5)16-32-19(3)11-21(26-32)14-31(8-7-9-34)15-22-12-20(4)33(27-22)24-13-18(2)30(6)28-24/h10-13,34H,7-9,14-16H2,1-6H3. The van der Waals surface area contributed by atoms with E-state index in [1.54, 1.807) is 0 Å². The van der Waals surface area contributed by atoms with Gasteiger partial charge in [0.15, 0.2) is 5.82 Å². The Labute approximate surface area is 200 Å². The molecule has 0 amide bonds. The Bertz CT molecular complexity index is 1220. The molecule has 4 rings (SSSR count). The molecule has 0 aliphatic carbocycles. The quantitative estimate of drug-likeness (QED) is 0.386. The maximum Gasteiger partial charge on any atom is 0.175 e. The van der Waals surface area contributed by atoms with Crippen molar-refractivity contribution in [1.29, 1.82) is 0 Å². The van der Waals surface area contributed by atoms with Gasteiger partial charge in [-0.1, -0.05) is 0 Å². The van der Waals surface area contributed by atoms with Crippen molar-refractivity contribution in [2.45, 2.75) is 53.8 Å². The maximum absolute atomic E-state index is 9.42. The molecule has 4 aromatic heterocycles. The largest absolute Gasteiger partial charge is 0.396 e. The first-order valence-corrected chi connectivity index (χ1v) is 11.7. The van der Waals surface area contributed by atoms with Gasteiger partial charge >= 0.3 is 0 Å². The van der Waals surface area contributed by atoms with Crippen LogP contribution in [0.5, 0.6) is 0 Å². The van der Waals surface area contributed by atoms with Crippen molar-refractivity contribution < 1.29 is 5.11 Å². The Morgan fingerprint density at radius 3 is 1.97 bits per heavy atom. The molecular formula is C24H35N9O. The van der Waals surface area contributed by atoms with E-state index in [2.05, 4.69) is 47.1 Å². The van der Waals surface area contributed by atoms with Crippen molar-refractivity contribution in [3.05, 3.63) is 64.1 Å². The lowest BCUT2D eigenvalue weighted by Gasteiger charge is -2.19. The summed E-state index contributed by atoms with van der Waals surface area (Å²) in [5.41, 5.74) is 7.33. The summed E-state index contributed by atoms with van der Waals surface area (Å²) in [5, 5.41) is 28.2. The van der Waals surface area contributed by atoms with Crippen LogP contribution in [0, 0.1) is 27.7 Å². The molecule has 1 N–H and O–H groups in total. The summed E-state index contributed by atoms with van der Waals surface area (Å²) < 4.78 is 7.64. The topological polar surface area (TPSA) is 94.8 Å². The van der Waals surface area contributed by atoms with Crippen LogP contribution >= 0.6 is 0 Å². The van der Waals surface area contributed by atoms with Gasteiger partial charge in [0.25, 0.3) is 0 Å². The van der Waals surface area contributed by atoms with E-state index in [1.165, 1.54) is 0 Å². The van der Waals surface area contributed by atoms with Crippen molar-refractivity contribution in [1.82, 2.24) is 44.0 Å². The van der Waals surface area contributed by atoms with Crippen molar-refractivity contribution >= 4 is 0 Å². The molecule has 0 unspecified atom stereocenters. The number of aliphatic hydroxyl groups is 1. The number of hydrogen-bond donors (Lipinski definition) is 1. The van der Waals surface area contributed by atoms with E-state index >= 15 is 0 Å². The molecule has 34 heavy (non-hydrogen) atoms. The second kappa shape index (κ2) is 9.94. The summed E-state index contributed by atoms with van der Waals surface area (Å²) in [6.07, 6.45) is 0.700. The average molecular weight is 466 g/mol. The van der Waals surface area contributed by atoms with Gasteiger partial charge in [0.1, 0.15) is 0 Å². The Hall–Kier alpha value is -3.24. The van der Waals surface area contributed by atoms with Crippen LogP contribution in [0.1, 0.15) is 46.3 Å². The molecule has 0 aliphatic heterocycles. The predicted octanol–water partition coefficient (Wildman–Crippen LogP) is 2.20. The third-order valence-corrected chi connectivity index (χ3v) is 6.17. The Morgan fingerprint density at radius 2 is 1.35 bits per heavy atom. The molecule has 0 bridgehead atoms. The van der Waals surface area contributed by atoms with Gasteiger partial charge in [0, 0.05) is 69.2 Å². The average Bonchev–Trinajstić information content (AvgIpc) is 3.49. The van der Waals surface area contributed by atoms with Crippen molar-refractivity contribution in [2.75, 3.05) is 13.2 Å². The normalized spacial score (nSPS) is 11.8. The van der Waals surface area contributed by atoms with E-state index in [9.17, 15) is 5.11 Å². The highest BCUT2D eigenvalue weighted by atomic mass is 16.3. The molecule has 0 aromatic carbocycles. The molecule has 0 spiro atoms. The highest BCUT2D eigenvalue weighted by Crippen LogP contribution is 2.16. The molecular weight excluding hydrogens is 430 g/mol. The number of hydrogen-bond acceptors (Lipinski definition) is 6. The minimum atomic E-state index is 0.156. The van der Waals surface area contributed by atoms with Gasteiger partial charge in [-0.25, -0.2) is 4.68 Å². The van der Waals surface area contributed by atoms with E-state index in [0.29, 0.717) is 26.1 Å². The lowest BCUT2D eigenvalue weighted by atomic mass is 10.3. The van der Waals surface area contributed by atoms with Gasteiger partial charge in [0.05, 0.1) is 23.6 Å². The first kappa shape index (κ1) is 23.9. The molecule has 0 fully saturated rings. The van der Waals surface area contributed by atoms with Crippen LogP contribution in [0.25, 0.3) is 5.82 Å². The van der Waals surface area contributed by atoms with Crippen molar-refractivity contribution in [3.8, 4) is 5.82 Å². The fourth-order valence-corrected chi connectivity index (χ4v) is 4.14. The van der Waals surface area contributed by atoms with Crippen LogP contribution in [-0.4, -0.2) is 62.3 Å². The lowest BCUT2D eigenvalue weighted by molar-refractivity contribution is 0.208. The smallest absolute Gasteiger partial charge is 0.175 e. The summed E-state index contributed by atoms with van der Waals surface area (Å²) in [6, 6.07) is 8.35. The molecule has 10 nitrogen and oxygen atoms in total. The highest BCUT2D eigenvalue weighted by Gasteiger charge is 2.16. The van der Waals surface area contributed by atoms with E-state index in [-0.39, 0.29) is 6.61 Å². The predicted molar refractivity (Wildman–Crippen MR) is 130 cm³/mol. The SMILES string of the molecule is Cc1cc(Cn2nc(CN(CCCO)Cc3cc(C)n(-c4cc(C)n(C)n4)n3)cc2C)nn1C. The van der Waals surface area contributed by atoms with Gasteiger partial charge in [-0.15, -0.1) is 0 Å².